The Balaban J connectivity index is 1.43. The zero-order valence-corrected chi connectivity index (χ0v) is 16.0. The minimum absolute atomic E-state index is 0.0561. The van der Waals surface area contributed by atoms with E-state index in [1.807, 2.05) is 66.7 Å². The molecule has 1 unspecified atom stereocenters. The first-order valence-corrected chi connectivity index (χ1v) is 10.1. The monoisotopic (exact) mass is 392 g/mol. The molecule has 3 aromatic rings. The van der Waals surface area contributed by atoms with Gasteiger partial charge in [-0.3, -0.25) is 9.78 Å². The molecule has 6 heteroatoms. The van der Waals surface area contributed by atoms with Crippen LogP contribution in [0.5, 0.6) is 11.5 Å². The van der Waals surface area contributed by atoms with E-state index < -0.39 is 0 Å². The minimum Gasteiger partial charge on any atom is -0.486 e. The van der Waals surface area contributed by atoms with Crippen LogP contribution in [-0.2, 0) is 4.79 Å². The summed E-state index contributed by atoms with van der Waals surface area (Å²) in [6, 6.07) is 21.0. The molecule has 1 N–H and O–H groups in total. The molecule has 2 heterocycles. The number of rotatable bonds is 6. The van der Waals surface area contributed by atoms with Crippen molar-refractivity contribution in [3.05, 3.63) is 84.2 Å². The molecule has 1 aromatic heterocycles. The Morgan fingerprint density at radius 3 is 2.57 bits per heavy atom. The number of carbonyl (C=O) groups excluding carboxylic acids is 1. The van der Waals surface area contributed by atoms with E-state index in [-0.39, 0.29) is 11.9 Å². The molecule has 1 aliphatic heterocycles. The SMILES string of the molecule is O=C(CSc1ccc2c(c1)OCCO2)NC(c1ccccc1)c1ccccn1. The molecule has 5 nitrogen and oxygen atoms in total. The molecular weight excluding hydrogens is 372 g/mol. The molecule has 0 aliphatic carbocycles. The van der Waals surface area contributed by atoms with Gasteiger partial charge in [0.2, 0.25) is 5.91 Å². The topological polar surface area (TPSA) is 60.5 Å². The second-order valence-corrected chi connectivity index (χ2v) is 7.31. The summed E-state index contributed by atoms with van der Waals surface area (Å²) in [4.78, 5) is 18.0. The second kappa shape index (κ2) is 8.80. The predicted molar refractivity (Wildman–Crippen MR) is 109 cm³/mol. The molecule has 142 valence electrons. The number of nitrogens with one attached hydrogen (secondary N) is 1. The lowest BCUT2D eigenvalue weighted by Gasteiger charge is -2.20. The lowest BCUT2D eigenvalue weighted by atomic mass is 10.0. The first-order chi connectivity index (χ1) is 13.8. The van der Waals surface area contributed by atoms with Crippen molar-refractivity contribution in [2.24, 2.45) is 0 Å². The lowest BCUT2D eigenvalue weighted by Crippen LogP contribution is -2.31. The molecule has 1 atom stereocenters. The van der Waals surface area contributed by atoms with Crippen molar-refractivity contribution in [1.29, 1.82) is 0 Å². The van der Waals surface area contributed by atoms with E-state index in [1.54, 1.807) is 6.20 Å². The highest BCUT2D eigenvalue weighted by Crippen LogP contribution is 2.34. The third-order valence-electron chi connectivity index (χ3n) is 4.31. The van der Waals surface area contributed by atoms with Crippen molar-refractivity contribution in [3.63, 3.8) is 0 Å². The van der Waals surface area contributed by atoms with Crippen LogP contribution in [0, 0.1) is 0 Å². The largest absolute Gasteiger partial charge is 0.486 e. The fourth-order valence-corrected chi connectivity index (χ4v) is 3.72. The number of amides is 1. The summed E-state index contributed by atoms with van der Waals surface area (Å²) in [6.45, 7) is 1.11. The third kappa shape index (κ3) is 4.46. The third-order valence-corrected chi connectivity index (χ3v) is 5.30. The highest BCUT2D eigenvalue weighted by Gasteiger charge is 2.18. The standard InChI is InChI=1S/C22H20N2O3S/c25-21(15-28-17-9-10-19-20(14-17)27-13-12-26-19)24-22(16-6-2-1-3-7-16)18-8-4-5-11-23-18/h1-11,14,22H,12-13,15H2,(H,24,25). The number of ether oxygens (including phenoxy) is 2. The summed E-state index contributed by atoms with van der Waals surface area (Å²) in [5.74, 6) is 1.72. The van der Waals surface area contributed by atoms with Crippen molar-refractivity contribution < 1.29 is 14.3 Å². The Morgan fingerprint density at radius 1 is 1.00 bits per heavy atom. The molecule has 0 saturated heterocycles. The molecule has 0 radical (unpaired) electrons. The van der Waals surface area contributed by atoms with Gasteiger partial charge in [0.1, 0.15) is 13.2 Å². The number of aromatic nitrogens is 1. The molecule has 0 fully saturated rings. The first kappa shape index (κ1) is 18.4. The number of nitrogens with zero attached hydrogens (tertiary/aromatic N) is 1. The van der Waals surface area contributed by atoms with Gasteiger partial charge in [0, 0.05) is 11.1 Å². The fourth-order valence-electron chi connectivity index (χ4n) is 2.99. The molecule has 1 aliphatic rings. The first-order valence-electron chi connectivity index (χ1n) is 9.07. The van der Waals surface area contributed by atoms with Crippen LogP contribution in [0.4, 0.5) is 0 Å². The maximum atomic E-state index is 12.6. The summed E-state index contributed by atoms with van der Waals surface area (Å²) >= 11 is 1.47. The van der Waals surface area contributed by atoms with E-state index in [0.29, 0.717) is 19.0 Å². The molecule has 1 amide bonds. The molecular formula is C22H20N2O3S. The van der Waals surface area contributed by atoms with E-state index >= 15 is 0 Å². The van der Waals surface area contributed by atoms with Gasteiger partial charge in [-0.15, -0.1) is 11.8 Å². The number of hydrogen-bond donors (Lipinski definition) is 1. The Hall–Kier alpha value is -2.99. The lowest BCUT2D eigenvalue weighted by molar-refractivity contribution is -0.119. The van der Waals surface area contributed by atoms with Crippen molar-refractivity contribution >= 4 is 17.7 Å². The molecule has 0 saturated carbocycles. The average Bonchev–Trinajstić information content (AvgIpc) is 2.77. The van der Waals surface area contributed by atoms with Gasteiger partial charge in [0.05, 0.1) is 17.5 Å². The summed E-state index contributed by atoms with van der Waals surface area (Å²) in [6.07, 6.45) is 1.74. The van der Waals surface area contributed by atoms with Gasteiger partial charge < -0.3 is 14.8 Å². The summed E-state index contributed by atoms with van der Waals surface area (Å²) in [5.41, 5.74) is 1.81. The summed E-state index contributed by atoms with van der Waals surface area (Å²) in [7, 11) is 0. The highest BCUT2D eigenvalue weighted by molar-refractivity contribution is 8.00. The summed E-state index contributed by atoms with van der Waals surface area (Å²) < 4.78 is 11.1. The van der Waals surface area contributed by atoms with Crippen LogP contribution in [0.15, 0.2) is 77.8 Å². The maximum Gasteiger partial charge on any atom is 0.231 e. The molecule has 2 aromatic carbocycles. The smallest absolute Gasteiger partial charge is 0.231 e. The van der Waals surface area contributed by atoms with E-state index in [1.165, 1.54) is 11.8 Å². The predicted octanol–water partition coefficient (Wildman–Crippen LogP) is 3.85. The van der Waals surface area contributed by atoms with Crippen LogP contribution in [0.3, 0.4) is 0 Å². The number of fused-ring (bicyclic) bond motifs is 1. The van der Waals surface area contributed by atoms with Crippen LogP contribution in [0.1, 0.15) is 17.3 Å². The number of thioether (sulfide) groups is 1. The van der Waals surface area contributed by atoms with E-state index in [4.69, 9.17) is 9.47 Å². The van der Waals surface area contributed by atoms with Crippen LogP contribution in [0.25, 0.3) is 0 Å². The number of carbonyl (C=O) groups is 1. The Morgan fingerprint density at radius 2 is 1.79 bits per heavy atom. The number of benzene rings is 2. The quantitative estimate of drug-likeness (QED) is 0.646. The fraction of sp³-hybridized carbons (Fsp3) is 0.182. The Bertz CT molecular complexity index is 896. The Kier molecular flexibility index (Phi) is 5.77. The van der Waals surface area contributed by atoms with Gasteiger partial charge in [-0.05, 0) is 35.9 Å². The van der Waals surface area contributed by atoms with Crippen molar-refractivity contribution in [2.45, 2.75) is 10.9 Å². The van der Waals surface area contributed by atoms with Gasteiger partial charge in [-0.1, -0.05) is 36.4 Å². The summed E-state index contributed by atoms with van der Waals surface area (Å²) in [5, 5.41) is 3.10. The van der Waals surface area contributed by atoms with Gasteiger partial charge in [-0.25, -0.2) is 0 Å². The van der Waals surface area contributed by atoms with E-state index in [9.17, 15) is 4.79 Å². The van der Waals surface area contributed by atoms with Crippen LogP contribution in [-0.4, -0.2) is 29.9 Å². The van der Waals surface area contributed by atoms with Crippen LogP contribution < -0.4 is 14.8 Å². The van der Waals surface area contributed by atoms with E-state index in [0.717, 1.165) is 27.7 Å². The van der Waals surface area contributed by atoms with Crippen molar-refractivity contribution in [3.8, 4) is 11.5 Å². The van der Waals surface area contributed by atoms with Gasteiger partial charge in [0.15, 0.2) is 11.5 Å². The van der Waals surface area contributed by atoms with Crippen molar-refractivity contribution in [2.75, 3.05) is 19.0 Å². The molecule has 0 spiro atoms. The van der Waals surface area contributed by atoms with Gasteiger partial charge in [0.25, 0.3) is 0 Å². The second-order valence-electron chi connectivity index (χ2n) is 6.26. The molecule has 4 rings (SSSR count). The minimum atomic E-state index is -0.282. The molecule has 0 bridgehead atoms. The average molecular weight is 392 g/mol. The normalized spacial score (nSPS) is 13.6. The zero-order chi connectivity index (χ0) is 19.2. The van der Waals surface area contributed by atoms with Gasteiger partial charge >= 0.3 is 0 Å². The van der Waals surface area contributed by atoms with Crippen LogP contribution in [0.2, 0.25) is 0 Å². The van der Waals surface area contributed by atoms with Gasteiger partial charge in [-0.2, -0.15) is 0 Å². The van der Waals surface area contributed by atoms with Crippen LogP contribution >= 0.6 is 11.8 Å². The highest BCUT2D eigenvalue weighted by atomic mass is 32.2. The number of hydrogen-bond acceptors (Lipinski definition) is 5. The zero-order valence-electron chi connectivity index (χ0n) is 15.2. The van der Waals surface area contributed by atoms with E-state index in [2.05, 4.69) is 10.3 Å². The Labute approximate surface area is 168 Å². The molecule has 28 heavy (non-hydrogen) atoms. The number of pyridine rings is 1. The van der Waals surface area contributed by atoms with Crippen molar-refractivity contribution in [1.82, 2.24) is 10.3 Å². The maximum absolute atomic E-state index is 12.6.